The van der Waals surface area contributed by atoms with Crippen LogP contribution in [0.1, 0.15) is 59.7 Å². The van der Waals surface area contributed by atoms with Crippen molar-refractivity contribution in [3.8, 4) is 5.75 Å². The normalized spacial score (nSPS) is 15.2. The third-order valence-corrected chi connectivity index (χ3v) is 8.76. The molecule has 2 unspecified atom stereocenters. The Hall–Kier alpha value is -3.50. The zero-order valence-corrected chi connectivity index (χ0v) is 26.4. The van der Waals surface area contributed by atoms with Gasteiger partial charge in [0.05, 0.1) is 29.8 Å². The maximum Gasteiger partial charge on any atom is 0.459 e. The summed E-state index contributed by atoms with van der Waals surface area (Å²) < 4.78 is 39.6. The molecule has 2 aromatic heterocycles. The molecule has 43 heavy (non-hydrogen) atoms. The van der Waals surface area contributed by atoms with Crippen molar-refractivity contribution in [1.29, 1.82) is 0 Å². The van der Waals surface area contributed by atoms with Crippen LogP contribution in [0.5, 0.6) is 5.75 Å². The third-order valence-electron chi connectivity index (χ3n) is 7.14. The predicted octanol–water partition coefficient (Wildman–Crippen LogP) is 6.35. The van der Waals surface area contributed by atoms with Gasteiger partial charge in [0.15, 0.2) is 5.82 Å². The number of nitrogens with two attached hydrogens (primary N) is 1. The van der Waals surface area contributed by atoms with Gasteiger partial charge in [-0.25, -0.2) is 14.5 Å². The van der Waals surface area contributed by atoms with Gasteiger partial charge in [0, 0.05) is 12.0 Å². The summed E-state index contributed by atoms with van der Waals surface area (Å²) in [5, 5.41) is 3.66. The molecule has 0 fully saturated rings. The number of nitrogens with zero attached hydrogens (tertiary/aromatic N) is 3. The Morgan fingerprint density at radius 2 is 1.79 bits per heavy atom. The Morgan fingerprint density at radius 3 is 2.49 bits per heavy atom. The molecule has 0 saturated carbocycles. The molecule has 0 aliphatic rings. The van der Waals surface area contributed by atoms with Crippen LogP contribution in [0.3, 0.4) is 0 Å². The summed E-state index contributed by atoms with van der Waals surface area (Å²) in [4.78, 5) is 22.0. The number of esters is 1. The van der Waals surface area contributed by atoms with Gasteiger partial charge in [0.2, 0.25) is 0 Å². The number of fused-ring (bicyclic) bond motifs is 3. The number of imidazole rings is 1. The molecule has 3 atom stereocenters. The topological polar surface area (TPSA) is 140 Å². The summed E-state index contributed by atoms with van der Waals surface area (Å²) in [6.45, 7) is 10.2. The molecule has 0 aliphatic heterocycles. The van der Waals surface area contributed by atoms with Crippen molar-refractivity contribution in [1.82, 2.24) is 19.6 Å². The number of carbonyl (C=O) groups excluding carboxylic acids is 1. The average molecular weight is 612 g/mol. The van der Waals surface area contributed by atoms with Gasteiger partial charge in [-0.1, -0.05) is 56.2 Å². The molecule has 0 spiro atoms. The minimum Gasteiger partial charge on any atom is -0.465 e. The molecule has 4 rings (SSSR count). The van der Waals surface area contributed by atoms with Crippen molar-refractivity contribution in [2.45, 2.75) is 72.1 Å². The Bertz CT molecular complexity index is 1580. The molecule has 232 valence electrons. The Kier molecular flexibility index (Phi) is 10.8. The van der Waals surface area contributed by atoms with Crippen LogP contribution in [0.25, 0.3) is 21.9 Å². The van der Waals surface area contributed by atoms with Crippen molar-refractivity contribution in [2.24, 2.45) is 0 Å². The number of para-hydroxylation sites is 2. The van der Waals surface area contributed by atoms with Gasteiger partial charge in [-0.3, -0.25) is 9.32 Å². The fraction of sp³-hybridized carbons (Fsp3) is 0.452. The molecule has 4 aromatic rings. The third kappa shape index (κ3) is 7.54. The molecule has 2 heterocycles. The van der Waals surface area contributed by atoms with Crippen LogP contribution < -0.4 is 15.3 Å². The summed E-state index contributed by atoms with van der Waals surface area (Å²) in [5.74, 6) is 0.730. The van der Waals surface area contributed by atoms with Crippen LogP contribution in [-0.4, -0.2) is 46.4 Å². The molecule has 0 aliphatic carbocycles. The van der Waals surface area contributed by atoms with Gasteiger partial charge < -0.3 is 24.3 Å². The number of nitrogens with one attached hydrogen (secondary N) is 1. The Labute approximate surface area is 252 Å². The van der Waals surface area contributed by atoms with Crippen molar-refractivity contribution < 1.29 is 27.9 Å². The summed E-state index contributed by atoms with van der Waals surface area (Å²) in [6.07, 6.45) is 2.43. The quantitative estimate of drug-likeness (QED) is 0.109. The highest BCUT2D eigenvalue weighted by Gasteiger charge is 2.38. The lowest BCUT2D eigenvalue weighted by Gasteiger charge is -2.35. The number of rotatable bonds is 16. The van der Waals surface area contributed by atoms with E-state index < -0.39 is 25.3 Å². The second-order valence-corrected chi connectivity index (χ2v) is 12.3. The van der Waals surface area contributed by atoms with Gasteiger partial charge in [0.25, 0.3) is 0 Å². The number of aromatic nitrogens is 3. The number of pyridine rings is 1. The highest BCUT2D eigenvalue weighted by Crippen LogP contribution is 2.47. The molecule has 0 bridgehead atoms. The lowest BCUT2D eigenvalue weighted by molar-refractivity contribution is -0.144. The highest BCUT2D eigenvalue weighted by atomic mass is 31.2. The summed E-state index contributed by atoms with van der Waals surface area (Å²) in [5.41, 5.74) is 7.75. The maximum atomic E-state index is 14.3. The number of benzene rings is 2. The number of ether oxygens (including phenoxy) is 2. The van der Waals surface area contributed by atoms with Crippen LogP contribution in [-0.2, 0) is 35.5 Å². The molecule has 2 aromatic carbocycles. The molecule has 3 N–H and O–H groups in total. The number of hydrogen-bond donors (Lipinski definition) is 2. The Balaban J connectivity index is 1.82. The highest BCUT2D eigenvalue weighted by molar-refractivity contribution is 7.52. The summed E-state index contributed by atoms with van der Waals surface area (Å²) in [6, 6.07) is 15.5. The van der Waals surface area contributed by atoms with Crippen molar-refractivity contribution >= 4 is 41.5 Å². The number of anilines is 1. The van der Waals surface area contributed by atoms with E-state index in [0.29, 0.717) is 35.9 Å². The van der Waals surface area contributed by atoms with Crippen LogP contribution in [0.2, 0.25) is 0 Å². The minimum absolute atomic E-state index is 0.0409. The summed E-state index contributed by atoms with van der Waals surface area (Å²) in [7, 11) is -4.11. The summed E-state index contributed by atoms with van der Waals surface area (Å²) >= 11 is 0. The van der Waals surface area contributed by atoms with Gasteiger partial charge in [0.1, 0.15) is 29.7 Å². The van der Waals surface area contributed by atoms with E-state index in [2.05, 4.69) is 21.6 Å². The largest absolute Gasteiger partial charge is 0.465 e. The van der Waals surface area contributed by atoms with E-state index in [-0.39, 0.29) is 19.8 Å². The van der Waals surface area contributed by atoms with Crippen molar-refractivity contribution in [3.05, 3.63) is 60.4 Å². The second-order valence-electron chi connectivity index (χ2n) is 10.6. The van der Waals surface area contributed by atoms with E-state index in [0.717, 1.165) is 29.3 Å². The van der Waals surface area contributed by atoms with E-state index in [1.807, 2.05) is 44.2 Å². The van der Waals surface area contributed by atoms with E-state index in [1.165, 1.54) is 0 Å². The second kappa shape index (κ2) is 14.3. The van der Waals surface area contributed by atoms with Gasteiger partial charge in [-0.2, -0.15) is 5.09 Å². The average Bonchev–Trinajstić information content (AvgIpc) is 3.40. The van der Waals surface area contributed by atoms with Crippen LogP contribution >= 0.6 is 7.75 Å². The van der Waals surface area contributed by atoms with Gasteiger partial charge in [-0.15, -0.1) is 0 Å². The zero-order valence-electron chi connectivity index (χ0n) is 25.5. The molecule has 0 saturated heterocycles. The first-order valence-electron chi connectivity index (χ1n) is 14.7. The predicted molar refractivity (Wildman–Crippen MR) is 168 cm³/mol. The number of carbonyl (C=O) groups is 1. The van der Waals surface area contributed by atoms with E-state index in [4.69, 9.17) is 29.2 Å². The molecule has 0 radical (unpaired) electrons. The fourth-order valence-corrected chi connectivity index (χ4v) is 6.62. The zero-order chi connectivity index (χ0) is 31.0. The molecular formula is C31H42N5O6P. The first kappa shape index (κ1) is 32.4. The monoisotopic (exact) mass is 611 g/mol. The lowest BCUT2D eigenvalue weighted by atomic mass is 9.94. The van der Waals surface area contributed by atoms with E-state index in [1.54, 1.807) is 38.1 Å². The number of nitrogen functional groups attached to an aromatic ring is 1. The van der Waals surface area contributed by atoms with Crippen LogP contribution in [0.15, 0.2) is 54.6 Å². The standard InChI is InChI=1S/C31H42N5O6P/c1-6-9-19-31(5,21-41-43(38,35-22(4)30(37)40-8-3)42-23-15-11-10-12-16-23)36-26(20-39-7-2)34-27-28(36)24-17-13-14-18-25(24)33-29(27)32/h10-18,22H,6-9,19-21H2,1-5H3,(H2,32,33)(H,35,38)/t22-,31?,43?/m0/s1. The van der Waals surface area contributed by atoms with Crippen LogP contribution in [0, 0.1) is 0 Å². The molecule has 11 nitrogen and oxygen atoms in total. The number of hydrogen-bond acceptors (Lipinski definition) is 9. The van der Waals surface area contributed by atoms with Gasteiger partial charge >= 0.3 is 13.7 Å². The fourth-order valence-electron chi connectivity index (χ4n) is 5.02. The first-order valence-corrected chi connectivity index (χ1v) is 16.3. The van der Waals surface area contributed by atoms with Crippen molar-refractivity contribution in [3.63, 3.8) is 0 Å². The lowest BCUT2D eigenvalue weighted by Crippen LogP contribution is -2.39. The van der Waals surface area contributed by atoms with E-state index in [9.17, 15) is 9.36 Å². The SMILES string of the molecule is CCCCC(C)(COP(=O)(N[C@@H](C)C(=O)OCC)Oc1ccccc1)n1c(COCC)nc2c(N)nc3ccccc3c21. The Morgan fingerprint density at radius 1 is 1.07 bits per heavy atom. The molecule has 0 amide bonds. The number of unbranched alkanes of at least 4 members (excludes halogenated alkanes) is 1. The maximum absolute atomic E-state index is 14.3. The van der Waals surface area contributed by atoms with Crippen molar-refractivity contribution in [2.75, 3.05) is 25.6 Å². The first-order chi connectivity index (χ1) is 20.6. The molecular weight excluding hydrogens is 569 g/mol. The van der Waals surface area contributed by atoms with Gasteiger partial charge in [-0.05, 0) is 52.3 Å². The van der Waals surface area contributed by atoms with Crippen LogP contribution in [0.4, 0.5) is 5.82 Å². The minimum atomic E-state index is -4.11. The smallest absolute Gasteiger partial charge is 0.459 e. The molecule has 12 heteroatoms. The van der Waals surface area contributed by atoms with E-state index >= 15 is 0 Å².